The number of anilines is 1. The number of fused-ring (bicyclic) bond motifs is 2. The van der Waals surface area contributed by atoms with Crippen LogP contribution in [0, 0.1) is 17.2 Å². The zero-order valence-electron chi connectivity index (χ0n) is 19.0. The van der Waals surface area contributed by atoms with Crippen LogP contribution in [0.4, 0.5) is 5.69 Å². The van der Waals surface area contributed by atoms with Crippen molar-refractivity contribution in [1.29, 1.82) is 5.26 Å². The Hall–Kier alpha value is -4.09. The van der Waals surface area contributed by atoms with Gasteiger partial charge in [0.05, 0.1) is 24.6 Å². The van der Waals surface area contributed by atoms with Crippen LogP contribution in [0.1, 0.15) is 29.4 Å². The Morgan fingerprint density at radius 3 is 2.89 bits per heavy atom. The molecule has 1 atom stereocenters. The van der Waals surface area contributed by atoms with Crippen molar-refractivity contribution in [3.63, 3.8) is 0 Å². The van der Waals surface area contributed by atoms with Crippen molar-refractivity contribution in [2.24, 2.45) is 5.92 Å². The van der Waals surface area contributed by atoms with E-state index in [9.17, 15) is 14.9 Å². The summed E-state index contributed by atoms with van der Waals surface area (Å²) in [6, 6.07) is 8.48. The van der Waals surface area contributed by atoms with Crippen LogP contribution in [-0.2, 0) is 4.79 Å². The van der Waals surface area contributed by atoms with Gasteiger partial charge in [-0.05, 0) is 42.0 Å². The van der Waals surface area contributed by atoms with Crippen LogP contribution in [0.15, 0.2) is 71.7 Å². The van der Waals surface area contributed by atoms with Gasteiger partial charge in [0, 0.05) is 21.9 Å². The first-order valence-corrected chi connectivity index (χ1v) is 12.1. The second-order valence-electron chi connectivity index (χ2n) is 8.16. The van der Waals surface area contributed by atoms with Gasteiger partial charge in [-0.15, -0.1) is 0 Å². The SMILES string of the molecule is COc1cccc(NC(=O)C(C#N)C(=O)c2nn(C3C=CCC=C3)c3c2=CSC2=CC=CCC=32)c1. The summed E-state index contributed by atoms with van der Waals surface area (Å²) in [7, 11) is 1.52. The van der Waals surface area contributed by atoms with Crippen LogP contribution in [0.25, 0.3) is 11.0 Å². The van der Waals surface area contributed by atoms with E-state index in [1.54, 1.807) is 24.3 Å². The highest BCUT2D eigenvalue weighted by Gasteiger charge is 2.33. The number of Topliss-reactive ketones (excluding diaryl/α,β-unsaturated/α-hetero) is 1. The monoisotopic (exact) mass is 482 g/mol. The maximum atomic E-state index is 13.6. The summed E-state index contributed by atoms with van der Waals surface area (Å²) in [5, 5.41) is 20.6. The lowest BCUT2D eigenvalue weighted by Gasteiger charge is -2.18. The van der Waals surface area contributed by atoms with Gasteiger partial charge in [-0.2, -0.15) is 10.4 Å². The fourth-order valence-electron chi connectivity index (χ4n) is 4.28. The molecule has 174 valence electrons. The Kier molecular flexibility index (Phi) is 6.25. The summed E-state index contributed by atoms with van der Waals surface area (Å²) >= 11 is 1.52. The normalized spacial score (nSPS) is 16.9. The molecule has 1 unspecified atom stereocenters. The van der Waals surface area contributed by atoms with Crippen LogP contribution >= 0.6 is 11.8 Å². The third kappa shape index (κ3) is 4.27. The number of aromatic nitrogens is 2. The molecule has 0 radical (unpaired) electrons. The molecule has 0 bridgehead atoms. The first-order chi connectivity index (χ1) is 17.1. The van der Waals surface area contributed by atoms with Crippen molar-refractivity contribution in [1.82, 2.24) is 9.78 Å². The number of hydrogen-bond donors (Lipinski definition) is 1. The first kappa shape index (κ1) is 22.7. The highest BCUT2D eigenvalue weighted by molar-refractivity contribution is 8.10. The number of carbonyl (C=O) groups is 2. The van der Waals surface area contributed by atoms with E-state index < -0.39 is 17.6 Å². The average Bonchev–Trinajstić information content (AvgIpc) is 3.30. The number of nitriles is 1. The van der Waals surface area contributed by atoms with Crippen LogP contribution < -0.4 is 20.6 Å². The first-order valence-electron chi connectivity index (χ1n) is 11.2. The van der Waals surface area contributed by atoms with Gasteiger partial charge in [0.2, 0.25) is 11.7 Å². The zero-order chi connectivity index (χ0) is 24.4. The number of ketones is 1. The highest BCUT2D eigenvalue weighted by atomic mass is 32.2. The van der Waals surface area contributed by atoms with Gasteiger partial charge in [-0.25, -0.2) is 0 Å². The van der Waals surface area contributed by atoms with E-state index in [4.69, 9.17) is 4.74 Å². The van der Waals surface area contributed by atoms with Gasteiger partial charge < -0.3 is 10.1 Å². The molecule has 1 aromatic carbocycles. The molecule has 1 aliphatic heterocycles. The standard InChI is InChI=1S/C27H22N4O3S/c1-34-19-11-7-8-17(14-19)29-27(33)21(15-28)26(32)24-22-16-35-23-13-6-5-12-20(23)25(22)31(30-24)18-9-3-2-4-10-18/h3-11,13-14,16,18,21H,2,12H2,1H3,(H,29,33). The fourth-order valence-corrected chi connectivity index (χ4v) is 5.22. The minimum Gasteiger partial charge on any atom is -0.497 e. The van der Waals surface area contributed by atoms with Crippen molar-refractivity contribution in [3.05, 3.63) is 88.0 Å². The molecule has 3 aliphatic rings. The molecule has 0 fully saturated rings. The van der Waals surface area contributed by atoms with Crippen LogP contribution in [-0.4, -0.2) is 28.6 Å². The van der Waals surface area contributed by atoms with Gasteiger partial charge in [0.15, 0.2) is 5.92 Å². The smallest absolute Gasteiger partial charge is 0.249 e. The van der Waals surface area contributed by atoms with Gasteiger partial charge in [-0.3, -0.25) is 14.3 Å². The fraction of sp³-hybridized carbons (Fsp3) is 0.185. The number of amides is 1. The van der Waals surface area contributed by atoms with E-state index in [2.05, 4.69) is 28.6 Å². The minimum absolute atomic E-state index is 0.133. The number of allylic oxidation sites excluding steroid dienone is 8. The van der Waals surface area contributed by atoms with Crippen LogP contribution in [0.2, 0.25) is 0 Å². The Morgan fingerprint density at radius 1 is 1.29 bits per heavy atom. The van der Waals surface area contributed by atoms with E-state index in [-0.39, 0.29) is 11.7 Å². The average molecular weight is 483 g/mol. The number of thioether (sulfide) groups is 1. The lowest BCUT2D eigenvalue weighted by molar-refractivity contribution is -0.117. The number of benzene rings is 1. The molecule has 35 heavy (non-hydrogen) atoms. The Bertz CT molecular complexity index is 1490. The third-order valence-electron chi connectivity index (χ3n) is 5.98. The molecule has 0 spiro atoms. The summed E-state index contributed by atoms with van der Waals surface area (Å²) in [6.07, 6.45) is 15.9. The molecule has 1 aromatic heterocycles. The molecule has 0 saturated carbocycles. The third-order valence-corrected chi connectivity index (χ3v) is 6.97. The molecule has 2 aromatic rings. The number of ether oxygens (including phenoxy) is 1. The second kappa shape index (κ2) is 9.65. The summed E-state index contributed by atoms with van der Waals surface area (Å²) in [5.41, 5.74) is 1.66. The van der Waals surface area contributed by atoms with E-state index in [1.165, 1.54) is 18.9 Å². The zero-order valence-corrected chi connectivity index (χ0v) is 19.8. The molecule has 5 rings (SSSR count). The summed E-state index contributed by atoms with van der Waals surface area (Å²) < 4.78 is 7.02. The molecular formula is C27H22N4O3S. The molecule has 2 aliphatic carbocycles. The number of nitrogens with one attached hydrogen (secondary N) is 1. The second-order valence-corrected chi connectivity index (χ2v) is 9.07. The minimum atomic E-state index is -1.54. The molecule has 0 saturated heterocycles. The molecule has 7 nitrogen and oxygen atoms in total. The van der Waals surface area contributed by atoms with Gasteiger partial charge in [0.25, 0.3) is 0 Å². The van der Waals surface area contributed by atoms with Crippen LogP contribution in [0.3, 0.4) is 0 Å². The number of methoxy groups -OCH3 is 1. The predicted octanol–water partition coefficient (Wildman–Crippen LogP) is 3.39. The molecule has 2 heterocycles. The summed E-state index contributed by atoms with van der Waals surface area (Å²) in [4.78, 5) is 27.7. The Labute approximate surface area is 206 Å². The van der Waals surface area contributed by atoms with Gasteiger partial charge >= 0.3 is 0 Å². The van der Waals surface area contributed by atoms with E-state index >= 15 is 0 Å². The van der Waals surface area contributed by atoms with E-state index in [0.717, 1.165) is 28.7 Å². The Balaban J connectivity index is 1.56. The van der Waals surface area contributed by atoms with Crippen molar-refractivity contribution in [2.75, 3.05) is 12.4 Å². The number of rotatable bonds is 6. The van der Waals surface area contributed by atoms with Crippen molar-refractivity contribution >= 4 is 40.1 Å². The lowest BCUT2D eigenvalue weighted by Crippen LogP contribution is -2.38. The number of nitrogens with zero attached hydrogens (tertiary/aromatic N) is 3. The van der Waals surface area contributed by atoms with Crippen LogP contribution in [0.5, 0.6) is 5.75 Å². The molecular weight excluding hydrogens is 460 g/mol. The van der Waals surface area contributed by atoms with Gasteiger partial charge in [-0.1, -0.05) is 54.3 Å². The van der Waals surface area contributed by atoms with Gasteiger partial charge in [0.1, 0.15) is 11.4 Å². The quantitative estimate of drug-likeness (QED) is 0.385. The predicted molar refractivity (Wildman–Crippen MR) is 136 cm³/mol. The van der Waals surface area contributed by atoms with Crippen molar-refractivity contribution in [3.8, 4) is 11.8 Å². The maximum absolute atomic E-state index is 13.6. The van der Waals surface area contributed by atoms with E-state index in [0.29, 0.717) is 16.7 Å². The number of hydrogen-bond acceptors (Lipinski definition) is 6. The topological polar surface area (TPSA) is 97.0 Å². The highest BCUT2D eigenvalue weighted by Crippen LogP contribution is 2.33. The largest absolute Gasteiger partial charge is 0.497 e. The maximum Gasteiger partial charge on any atom is 0.249 e. The van der Waals surface area contributed by atoms with Crippen molar-refractivity contribution < 1.29 is 14.3 Å². The van der Waals surface area contributed by atoms with Crippen molar-refractivity contribution in [2.45, 2.75) is 18.9 Å². The van der Waals surface area contributed by atoms with E-state index in [1.807, 2.05) is 40.5 Å². The molecule has 1 N–H and O–H groups in total. The molecule has 8 heteroatoms. The summed E-state index contributed by atoms with van der Waals surface area (Å²) in [6.45, 7) is 0. The number of carbonyl (C=O) groups excluding carboxylic acids is 2. The summed E-state index contributed by atoms with van der Waals surface area (Å²) in [5.74, 6) is -2.32. The molecule has 1 amide bonds. The Morgan fingerprint density at radius 2 is 2.11 bits per heavy atom. The lowest BCUT2D eigenvalue weighted by atomic mass is 10.00.